The summed E-state index contributed by atoms with van der Waals surface area (Å²) in [6, 6.07) is 2.82. The Hall–Kier alpha value is -2.36. The summed E-state index contributed by atoms with van der Waals surface area (Å²) >= 11 is 24.1. The molecular formula is C21H19Cl5N4O4. The first-order valence-corrected chi connectivity index (χ1v) is 11.0. The zero-order valence-corrected chi connectivity index (χ0v) is 21.6. The smallest absolute Gasteiger partial charge is 0.266 e. The second kappa shape index (κ2) is 11.4. The number of carbonyl (C=O) groups excluding carboxylic acids is 2. The second-order valence-corrected chi connectivity index (χ2v) is 8.81. The number of nitrogens with one attached hydrogen (secondary N) is 2. The van der Waals surface area contributed by atoms with E-state index in [4.69, 9.17) is 46.4 Å². The van der Waals surface area contributed by atoms with Crippen molar-refractivity contribution in [1.82, 2.24) is 4.57 Å². The summed E-state index contributed by atoms with van der Waals surface area (Å²) in [6.07, 6.45) is 4.74. The van der Waals surface area contributed by atoms with Gasteiger partial charge in [0, 0.05) is 10.0 Å². The minimum Gasteiger partial charge on any atom is -1.00 e. The predicted molar refractivity (Wildman–Crippen MR) is 128 cm³/mol. The van der Waals surface area contributed by atoms with Crippen molar-refractivity contribution in [3.8, 4) is 11.5 Å². The number of nitrogens with zero attached hydrogens (tertiary/aromatic N) is 2. The summed E-state index contributed by atoms with van der Waals surface area (Å²) in [5.74, 6) is -1.43. The highest BCUT2D eigenvalue weighted by Crippen LogP contribution is 2.39. The van der Waals surface area contributed by atoms with Crippen LogP contribution < -0.4 is 27.6 Å². The largest absolute Gasteiger partial charge is 1.00 e. The molecule has 0 saturated carbocycles. The molecule has 0 aliphatic rings. The number of amides is 2. The van der Waals surface area contributed by atoms with Crippen LogP contribution in [0.5, 0.6) is 11.5 Å². The van der Waals surface area contributed by atoms with Crippen molar-refractivity contribution in [1.29, 1.82) is 0 Å². The standard InChI is InChI=1S/C21H18Cl4N4O4.ClH/c1-10-12(22)5-14(20(32)18(10)24)26-16(30)7-28-3-4-29(9-28)8-17(31)27-15-6-13(23)11(2)19(25)21(15)33;/h3-6,9H,7-8H2,1-2H3,(H3-,26,27,30,31,32,33);1H. The Morgan fingerprint density at radius 2 is 1.38 bits per heavy atom. The monoisotopic (exact) mass is 566 g/mol. The molecule has 0 radical (unpaired) electrons. The molecule has 0 aliphatic heterocycles. The van der Waals surface area contributed by atoms with Gasteiger partial charge in [-0.15, -0.1) is 0 Å². The Bertz CT molecular complexity index is 1170. The fraction of sp³-hybridized carbons (Fsp3) is 0.190. The SMILES string of the molecule is Cc1c(Cl)cc(NC(=O)Cn2cc[n+](CC(=O)Nc3cc(Cl)c(C)c(Cl)c3O)c2)c(O)c1Cl.[Cl-]. The van der Waals surface area contributed by atoms with Crippen LogP contribution in [0.2, 0.25) is 20.1 Å². The zero-order valence-electron chi connectivity index (χ0n) is 17.8. The van der Waals surface area contributed by atoms with Gasteiger partial charge in [-0.3, -0.25) is 9.59 Å². The number of aromatic nitrogens is 2. The van der Waals surface area contributed by atoms with Gasteiger partial charge in [0.1, 0.15) is 12.4 Å². The van der Waals surface area contributed by atoms with E-state index in [-0.39, 0.29) is 58.4 Å². The number of halogens is 5. The maximum atomic E-state index is 12.4. The quantitative estimate of drug-likeness (QED) is 0.268. The molecule has 3 aromatic rings. The predicted octanol–water partition coefficient (Wildman–Crippen LogP) is 1.70. The van der Waals surface area contributed by atoms with E-state index in [1.807, 2.05) is 0 Å². The highest BCUT2D eigenvalue weighted by molar-refractivity contribution is 6.38. The van der Waals surface area contributed by atoms with Gasteiger partial charge in [0.25, 0.3) is 11.8 Å². The van der Waals surface area contributed by atoms with Gasteiger partial charge in [0.2, 0.25) is 6.33 Å². The number of aromatic hydroxyl groups is 2. The summed E-state index contributed by atoms with van der Waals surface area (Å²) in [7, 11) is 0. The van der Waals surface area contributed by atoms with Gasteiger partial charge in [0.15, 0.2) is 24.6 Å². The summed E-state index contributed by atoms with van der Waals surface area (Å²) in [4.78, 5) is 24.7. The van der Waals surface area contributed by atoms with Gasteiger partial charge in [-0.2, -0.15) is 0 Å². The zero-order chi connectivity index (χ0) is 24.4. The Balaban J connectivity index is 0.00000408. The fourth-order valence-electron chi connectivity index (χ4n) is 2.94. The number of hydrogen-bond acceptors (Lipinski definition) is 4. The number of hydrogen-bond donors (Lipinski definition) is 4. The fourth-order valence-corrected chi connectivity index (χ4v) is 3.85. The van der Waals surface area contributed by atoms with E-state index in [0.29, 0.717) is 21.2 Å². The highest BCUT2D eigenvalue weighted by Gasteiger charge is 2.18. The maximum absolute atomic E-state index is 12.4. The number of phenolic OH excluding ortho intramolecular Hbond substituents is 2. The normalized spacial score (nSPS) is 10.5. The molecule has 0 bridgehead atoms. The molecule has 4 N–H and O–H groups in total. The topological polar surface area (TPSA) is 107 Å². The molecule has 182 valence electrons. The maximum Gasteiger partial charge on any atom is 0.266 e. The first-order valence-electron chi connectivity index (χ1n) is 9.47. The molecule has 2 amide bonds. The van der Waals surface area contributed by atoms with Crippen LogP contribution >= 0.6 is 46.4 Å². The lowest BCUT2D eigenvalue weighted by Gasteiger charge is -2.11. The molecule has 2 aromatic carbocycles. The minimum absolute atomic E-state index is 0. The third-order valence-electron chi connectivity index (χ3n) is 4.79. The number of benzene rings is 2. The van der Waals surface area contributed by atoms with Gasteiger partial charge in [-0.1, -0.05) is 46.4 Å². The number of anilines is 2. The molecule has 0 spiro atoms. The third kappa shape index (κ3) is 6.20. The van der Waals surface area contributed by atoms with Crippen LogP contribution in [-0.2, 0) is 22.7 Å². The third-order valence-corrected chi connectivity index (χ3v) is 6.50. The van der Waals surface area contributed by atoms with Gasteiger partial charge in [-0.05, 0) is 37.1 Å². The van der Waals surface area contributed by atoms with Crippen molar-refractivity contribution in [3.63, 3.8) is 0 Å². The molecule has 34 heavy (non-hydrogen) atoms. The van der Waals surface area contributed by atoms with Gasteiger partial charge < -0.3 is 33.3 Å². The van der Waals surface area contributed by atoms with E-state index in [9.17, 15) is 19.8 Å². The molecule has 0 fully saturated rings. The molecule has 0 aliphatic carbocycles. The first-order chi connectivity index (χ1) is 15.5. The van der Waals surface area contributed by atoms with Crippen molar-refractivity contribution in [2.24, 2.45) is 0 Å². The first kappa shape index (κ1) is 27.9. The van der Waals surface area contributed by atoms with Crippen LogP contribution in [0.1, 0.15) is 11.1 Å². The summed E-state index contributed by atoms with van der Waals surface area (Å²) in [5, 5.41) is 26.1. The number of carbonyl (C=O) groups is 2. The second-order valence-electron chi connectivity index (χ2n) is 7.24. The van der Waals surface area contributed by atoms with Crippen LogP contribution in [0.25, 0.3) is 0 Å². The summed E-state index contributed by atoms with van der Waals surface area (Å²) in [5.41, 5.74) is 1.19. The van der Waals surface area contributed by atoms with Crippen molar-refractivity contribution in [3.05, 3.63) is 62.1 Å². The van der Waals surface area contributed by atoms with E-state index in [0.717, 1.165) is 0 Å². The lowest BCUT2D eigenvalue weighted by molar-refractivity contribution is -0.683. The molecule has 1 heterocycles. The number of phenols is 2. The van der Waals surface area contributed by atoms with Crippen LogP contribution in [0.4, 0.5) is 11.4 Å². The van der Waals surface area contributed by atoms with E-state index in [2.05, 4.69) is 10.6 Å². The molecular weight excluding hydrogens is 550 g/mol. The lowest BCUT2D eigenvalue weighted by Crippen LogP contribution is -3.00. The lowest BCUT2D eigenvalue weighted by atomic mass is 10.2. The van der Waals surface area contributed by atoms with E-state index >= 15 is 0 Å². The molecule has 1 aromatic heterocycles. The highest BCUT2D eigenvalue weighted by atomic mass is 35.5. The van der Waals surface area contributed by atoms with Crippen LogP contribution in [0, 0.1) is 13.8 Å². The van der Waals surface area contributed by atoms with Crippen LogP contribution in [0.15, 0.2) is 30.9 Å². The van der Waals surface area contributed by atoms with E-state index in [1.165, 1.54) is 21.3 Å². The van der Waals surface area contributed by atoms with E-state index < -0.39 is 11.8 Å². The molecule has 0 unspecified atom stereocenters. The van der Waals surface area contributed by atoms with Crippen molar-refractivity contribution >= 4 is 69.6 Å². The Morgan fingerprint density at radius 3 is 1.88 bits per heavy atom. The van der Waals surface area contributed by atoms with Crippen molar-refractivity contribution in [2.45, 2.75) is 26.9 Å². The van der Waals surface area contributed by atoms with Gasteiger partial charge in [-0.25, -0.2) is 9.13 Å². The Kier molecular flexibility index (Phi) is 9.33. The van der Waals surface area contributed by atoms with E-state index in [1.54, 1.807) is 32.6 Å². The molecule has 0 saturated heterocycles. The molecule has 8 nitrogen and oxygen atoms in total. The van der Waals surface area contributed by atoms with Crippen molar-refractivity contribution < 1.29 is 36.8 Å². The Morgan fingerprint density at radius 1 is 0.912 bits per heavy atom. The summed E-state index contributed by atoms with van der Waals surface area (Å²) < 4.78 is 3.07. The molecule has 0 atom stereocenters. The molecule has 3 rings (SSSR count). The average Bonchev–Trinajstić information content (AvgIpc) is 3.18. The van der Waals surface area contributed by atoms with Gasteiger partial charge in [0.05, 0.1) is 21.4 Å². The van der Waals surface area contributed by atoms with Crippen molar-refractivity contribution in [2.75, 3.05) is 10.6 Å². The average molecular weight is 569 g/mol. The van der Waals surface area contributed by atoms with Gasteiger partial charge >= 0.3 is 0 Å². The van der Waals surface area contributed by atoms with Crippen LogP contribution in [-0.4, -0.2) is 26.6 Å². The number of rotatable bonds is 6. The Labute approximate surface area is 221 Å². The summed E-state index contributed by atoms with van der Waals surface area (Å²) in [6.45, 7) is 3.10. The minimum atomic E-state index is -0.442. The number of imidazole rings is 1. The van der Waals surface area contributed by atoms with Crippen LogP contribution in [0.3, 0.4) is 0 Å². The molecule has 13 heteroatoms.